The number of para-hydroxylation sites is 1. The van der Waals surface area contributed by atoms with Crippen LogP contribution in [-0.2, 0) is 10.0 Å². The van der Waals surface area contributed by atoms with Gasteiger partial charge in [-0.2, -0.15) is 13.5 Å². The summed E-state index contributed by atoms with van der Waals surface area (Å²) in [4.78, 5) is 12.4. The second-order valence-electron chi connectivity index (χ2n) is 5.54. The molecule has 0 unspecified atom stereocenters. The molecule has 0 aliphatic carbocycles. The number of nitrogen functional groups attached to an aromatic ring is 1. The third-order valence-corrected chi connectivity index (χ3v) is 4.85. The first kappa shape index (κ1) is 18.8. The summed E-state index contributed by atoms with van der Waals surface area (Å²) in [5.74, 6) is -0.522. The predicted octanol–water partition coefficient (Wildman–Crippen LogP) is 1.13. The van der Waals surface area contributed by atoms with E-state index in [-0.39, 0.29) is 16.4 Å². The molecule has 144 valence electrons. The molecule has 0 radical (unpaired) electrons. The van der Waals surface area contributed by atoms with Crippen molar-refractivity contribution in [3.63, 3.8) is 0 Å². The average Bonchev–Trinajstić information content (AvgIpc) is 2.94. The number of sulfonamides is 1. The Morgan fingerprint density at radius 1 is 0.964 bits per heavy atom. The lowest BCUT2D eigenvalue weighted by Gasteiger charge is -1.99. The standard InChI is InChI=1S/C16H16N8O3S/c17-14-13(15(25)24(22-14)11-4-2-1-3-5-11)21-20-10-6-8-12(9-7-10)28(26,27)23-16(18)19/h1-9,22H,17H2,(H4,18,19,23). The van der Waals surface area contributed by atoms with E-state index in [4.69, 9.17) is 17.2 Å². The van der Waals surface area contributed by atoms with Crippen molar-refractivity contribution in [1.82, 2.24) is 9.78 Å². The molecule has 11 nitrogen and oxygen atoms in total. The van der Waals surface area contributed by atoms with E-state index in [9.17, 15) is 13.2 Å². The van der Waals surface area contributed by atoms with Crippen LogP contribution in [0.3, 0.4) is 0 Å². The lowest BCUT2D eigenvalue weighted by molar-refractivity contribution is 0.598. The number of guanidine groups is 1. The zero-order valence-electron chi connectivity index (χ0n) is 14.4. The number of nitrogens with one attached hydrogen (secondary N) is 1. The molecule has 0 saturated heterocycles. The van der Waals surface area contributed by atoms with Gasteiger partial charge in [-0.25, -0.2) is 4.68 Å². The van der Waals surface area contributed by atoms with Crippen molar-refractivity contribution in [1.29, 1.82) is 0 Å². The third kappa shape index (κ3) is 3.91. The second-order valence-corrected chi connectivity index (χ2v) is 7.14. The molecule has 1 aromatic heterocycles. The highest BCUT2D eigenvalue weighted by molar-refractivity contribution is 7.90. The maximum atomic E-state index is 12.5. The fourth-order valence-electron chi connectivity index (χ4n) is 2.28. The summed E-state index contributed by atoms with van der Waals surface area (Å²) in [5, 5.41) is 10.5. The van der Waals surface area contributed by atoms with Crippen molar-refractivity contribution >= 4 is 33.2 Å². The van der Waals surface area contributed by atoms with Gasteiger partial charge in [-0.3, -0.25) is 9.89 Å². The molecule has 0 bridgehead atoms. The smallest absolute Gasteiger partial charge is 0.301 e. The molecule has 0 atom stereocenters. The molecule has 12 heteroatoms. The van der Waals surface area contributed by atoms with Crippen LogP contribution in [0.1, 0.15) is 0 Å². The lowest BCUT2D eigenvalue weighted by Crippen LogP contribution is -2.24. The summed E-state index contributed by atoms with van der Waals surface area (Å²) < 4.78 is 28.2. The summed E-state index contributed by atoms with van der Waals surface area (Å²) in [7, 11) is -4.00. The van der Waals surface area contributed by atoms with Crippen LogP contribution in [0, 0.1) is 0 Å². The van der Waals surface area contributed by atoms with Crippen molar-refractivity contribution in [3.8, 4) is 5.69 Å². The number of H-pyrrole nitrogens is 1. The molecule has 1 heterocycles. The van der Waals surface area contributed by atoms with Gasteiger partial charge in [0.25, 0.3) is 10.0 Å². The number of benzene rings is 2. The quantitative estimate of drug-likeness (QED) is 0.282. The summed E-state index contributed by atoms with van der Waals surface area (Å²) in [6.45, 7) is 0. The maximum Gasteiger partial charge on any atom is 0.301 e. The van der Waals surface area contributed by atoms with Gasteiger partial charge in [0.05, 0.1) is 16.3 Å². The summed E-state index contributed by atoms with van der Waals surface area (Å²) in [5.41, 5.74) is 16.4. The van der Waals surface area contributed by atoms with E-state index in [1.807, 2.05) is 6.07 Å². The van der Waals surface area contributed by atoms with Crippen LogP contribution in [-0.4, -0.2) is 24.2 Å². The van der Waals surface area contributed by atoms with E-state index < -0.39 is 21.5 Å². The highest BCUT2D eigenvalue weighted by Crippen LogP contribution is 2.22. The van der Waals surface area contributed by atoms with E-state index in [0.717, 1.165) is 0 Å². The Hall–Kier alpha value is -3.93. The number of nitrogens with two attached hydrogens (primary N) is 3. The fourth-order valence-corrected chi connectivity index (χ4v) is 3.15. The number of aromatic amines is 1. The normalized spacial score (nSPS) is 11.6. The number of hydrogen-bond donors (Lipinski definition) is 4. The summed E-state index contributed by atoms with van der Waals surface area (Å²) >= 11 is 0. The number of hydrogen-bond acceptors (Lipinski definition) is 6. The summed E-state index contributed by atoms with van der Waals surface area (Å²) in [6, 6.07) is 14.1. The molecule has 3 rings (SSSR count). The first-order chi connectivity index (χ1) is 13.3. The van der Waals surface area contributed by atoms with Gasteiger partial charge >= 0.3 is 5.56 Å². The minimum absolute atomic E-state index is 0.0459. The van der Waals surface area contributed by atoms with Crippen molar-refractivity contribution in [2.45, 2.75) is 4.90 Å². The van der Waals surface area contributed by atoms with Gasteiger partial charge < -0.3 is 17.2 Å². The first-order valence-electron chi connectivity index (χ1n) is 7.81. The van der Waals surface area contributed by atoms with E-state index in [2.05, 4.69) is 19.7 Å². The molecular weight excluding hydrogens is 384 g/mol. The minimum atomic E-state index is -4.00. The van der Waals surface area contributed by atoms with Gasteiger partial charge in [0, 0.05) is 0 Å². The third-order valence-electron chi connectivity index (χ3n) is 3.53. The van der Waals surface area contributed by atoms with Crippen LogP contribution in [0.15, 0.2) is 78.9 Å². The summed E-state index contributed by atoms with van der Waals surface area (Å²) in [6.07, 6.45) is 0. The molecule has 0 fully saturated rings. The molecule has 2 aromatic carbocycles. The molecule has 0 amide bonds. The number of azo groups is 1. The van der Waals surface area contributed by atoms with Crippen LogP contribution in [0.5, 0.6) is 0 Å². The fraction of sp³-hybridized carbons (Fsp3) is 0. The van der Waals surface area contributed by atoms with Gasteiger partial charge in [0.2, 0.25) is 5.96 Å². The SMILES string of the molecule is NC(N)=NS(=O)(=O)c1ccc(N=Nc2c(N)[nH]n(-c3ccccc3)c2=O)cc1. The van der Waals surface area contributed by atoms with Gasteiger partial charge in [-0.1, -0.05) is 18.2 Å². The van der Waals surface area contributed by atoms with Crippen LogP contribution in [0.2, 0.25) is 0 Å². The monoisotopic (exact) mass is 400 g/mol. The minimum Gasteiger partial charge on any atom is -0.382 e. The molecule has 0 aliphatic rings. The van der Waals surface area contributed by atoms with Crippen molar-refractivity contribution < 1.29 is 8.42 Å². The van der Waals surface area contributed by atoms with Crippen molar-refractivity contribution in [2.75, 3.05) is 5.73 Å². The van der Waals surface area contributed by atoms with Crippen LogP contribution in [0.4, 0.5) is 17.2 Å². The molecule has 0 spiro atoms. The van der Waals surface area contributed by atoms with Gasteiger partial charge in [-0.15, -0.1) is 9.51 Å². The zero-order valence-corrected chi connectivity index (χ0v) is 15.2. The molecule has 3 aromatic rings. The Bertz CT molecular complexity index is 1210. The first-order valence-corrected chi connectivity index (χ1v) is 9.25. The number of anilines is 1. The Morgan fingerprint density at radius 3 is 2.21 bits per heavy atom. The zero-order chi connectivity index (χ0) is 20.3. The number of nitrogens with zero attached hydrogens (tertiary/aromatic N) is 4. The highest BCUT2D eigenvalue weighted by atomic mass is 32.2. The van der Waals surface area contributed by atoms with Crippen LogP contribution >= 0.6 is 0 Å². The average molecular weight is 400 g/mol. The second kappa shape index (κ2) is 7.36. The molecular formula is C16H16N8O3S. The predicted molar refractivity (Wildman–Crippen MR) is 104 cm³/mol. The molecule has 28 heavy (non-hydrogen) atoms. The lowest BCUT2D eigenvalue weighted by atomic mass is 10.3. The number of rotatable bonds is 5. The van der Waals surface area contributed by atoms with Crippen molar-refractivity contribution in [2.24, 2.45) is 26.1 Å². The maximum absolute atomic E-state index is 12.5. The van der Waals surface area contributed by atoms with Crippen molar-refractivity contribution in [3.05, 3.63) is 65.0 Å². The Labute approximate surface area is 159 Å². The van der Waals surface area contributed by atoms with Crippen LogP contribution < -0.4 is 22.8 Å². The topological polar surface area (TPSA) is 187 Å². The Morgan fingerprint density at radius 2 is 1.61 bits per heavy atom. The molecule has 0 aliphatic heterocycles. The number of aromatic nitrogens is 2. The van der Waals surface area contributed by atoms with Crippen LogP contribution in [0.25, 0.3) is 5.69 Å². The Kier molecular flexibility index (Phi) is 4.96. The molecule has 0 saturated carbocycles. The largest absolute Gasteiger partial charge is 0.382 e. The van der Waals surface area contributed by atoms with E-state index in [1.54, 1.807) is 24.3 Å². The van der Waals surface area contributed by atoms with Gasteiger partial charge in [-0.05, 0) is 36.4 Å². The Balaban J connectivity index is 1.88. The van der Waals surface area contributed by atoms with E-state index in [1.165, 1.54) is 28.9 Å². The van der Waals surface area contributed by atoms with Gasteiger partial charge in [0.15, 0.2) is 5.69 Å². The van der Waals surface area contributed by atoms with E-state index >= 15 is 0 Å². The molecule has 7 N–H and O–H groups in total. The van der Waals surface area contributed by atoms with Gasteiger partial charge in [0.1, 0.15) is 5.82 Å². The van der Waals surface area contributed by atoms with E-state index in [0.29, 0.717) is 11.4 Å². The highest BCUT2D eigenvalue weighted by Gasteiger charge is 2.14.